The molecule has 2 amide bonds. The lowest BCUT2D eigenvalue weighted by Crippen LogP contribution is -2.73. The van der Waals surface area contributed by atoms with E-state index in [-0.39, 0.29) is 48.7 Å². The Hall–Kier alpha value is -3.58. The first kappa shape index (κ1) is 20.3. The van der Waals surface area contributed by atoms with E-state index in [1.54, 1.807) is 4.90 Å². The van der Waals surface area contributed by atoms with E-state index in [4.69, 9.17) is 0 Å². The number of aliphatic hydroxyl groups is 1. The second kappa shape index (κ2) is 8.16. The summed E-state index contributed by atoms with van der Waals surface area (Å²) in [5, 5.41) is 10.00. The average molecular weight is 428 g/mol. The van der Waals surface area contributed by atoms with E-state index in [1.165, 1.54) is 29.1 Å². The fraction of sp³-hybridized carbons (Fsp3) is 0.280. The van der Waals surface area contributed by atoms with Crippen LogP contribution in [0.1, 0.15) is 27.5 Å². The predicted octanol–water partition coefficient (Wildman–Crippen LogP) is 2.26. The molecular formula is C25H24N4O3. The highest BCUT2D eigenvalue weighted by molar-refractivity contribution is 5.96. The van der Waals surface area contributed by atoms with Gasteiger partial charge in [-0.05, 0) is 23.6 Å². The van der Waals surface area contributed by atoms with Gasteiger partial charge in [-0.2, -0.15) is 0 Å². The van der Waals surface area contributed by atoms with Crippen LogP contribution in [0.3, 0.4) is 0 Å². The molecule has 0 unspecified atom stereocenters. The highest BCUT2D eigenvalue weighted by atomic mass is 16.3. The summed E-state index contributed by atoms with van der Waals surface area (Å²) < 4.78 is 0. The number of nitrogens with zero attached hydrogens (tertiary/aromatic N) is 4. The lowest BCUT2D eigenvalue weighted by atomic mass is 9.73. The highest BCUT2D eigenvalue weighted by Crippen LogP contribution is 2.43. The van der Waals surface area contributed by atoms with Gasteiger partial charge in [-0.1, -0.05) is 54.1 Å². The Kier molecular flexibility index (Phi) is 5.19. The fourth-order valence-corrected chi connectivity index (χ4v) is 4.95. The minimum atomic E-state index is -0.299. The number of aliphatic hydroxyl groups excluding tert-OH is 1. The molecule has 2 fully saturated rings. The maximum absolute atomic E-state index is 12.8. The van der Waals surface area contributed by atoms with E-state index in [0.29, 0.717) is 6.54 Å². The van der Waals surface area contributed by atoms with Crippen molar-refractivity contribution in [2.24, 2.45) is 0 Å². The summed E-state index contributed by atoms with van der Waals surface area (Å²) in [7, 11) is 0. The van der Waals surface area contributed by atoms with Gasteiger partial charge in [0.15, 0.2) is 0 Å². The molecular weight excluding hydrogens is 404 g/mol. The van der Waals surface area contributed by atoms with Crippen LogP contribution in [0, 0.1) is 6.92 Å². The molecule has 2 aliphatic heterocycles. The van der Waals surface area contributed by atoms with Crippen molar-refractivity contribution in [1.82, 2.24) is 19.8 Å². The molecule has 7 heteroatoms. The summed E-state index contributed by atoms with van der Waals surface area (Å²) in [6.07, 6.45) is 4.39. The number of aryl methyl sites for hydroxylation is 1. The third kappa shape index (κ3) is 3.44. The van der Waals surface area contributed by atoms with Crippen molar-refractivity contribution in [3.8, 4) is 11.1 Å². The van der Waals surface area contributed by atoms with Crippen LogP contribution in [0.2, 0.25) is 0 Å². The van der Waals surface area contributed by atoms with Crippen molar-refractivity contribution < 1.29 is 14.7 Å². The second-order valence-corrected chi connectivity index (χ2v) is 8.41. The normalized spacial score (nSPS) is 22.3. The molecule has 3 aromatic rings. The van der Waals surface area contributed by atoms with Gasteiger partial charge in [0, 0.05) is 24.9 Å². The van der Waals surface area contributed by atoms with Crippen LogP contribution in [-0.4, -0.2) is 68.5 Å². The van der Waals surface area contributed by atoms with Gasteiger partial charge < -0.3 is 14.9 Å². The summed E-state index contributed by atoms with van der Waals surface area (Å²) >= 11 is 0. The zero-order chi connectivity index (χ0) is 22.2. The Morgan fingerprint density at radius 2 is 1.94 bits per heavy atom. The molecule has 2 aromatic carbocycles. The van der Waals surface area contributed by atoms with Crippen LogP contribution in [0.4, 0.5) is 0 Å². The second-order valence-electron chi connectivity index (χ2n) is 8.41. The zero-order valence-corrected chi connectivity index (χ0v) is 17.8. The van der Waals surface area contributed by atoms with Crippen LogP contribution in [0.15, 0.2) is 67.1 Å². The molecule has 0 spiro atoms. The van der Waals surface area contributed by atoms with E-state index in [2.05, 4.69) is 59.4 Å². The molecule has 2 aliphatic rings. The van der Waals surface area contributed by atoms with Gasteiger partial charge in [0.05, 0.1) is 24.9 Å². The molecule has 2 saturated heterocycles. The fourth-order valence-electron chi connectivity index (χ4n) is 4.95. The first-order valence-electron chi connectivity index (χ1n) is 10.7. The first-order valence-corrected chi connectivity index (χ1v) is 10.7. The van der Waals surface area contributed by atoms with Gasteiger partial charge in [-0.15, -0.1) is 0 Å². The lowest BCUT2D eigenvalue weighted by Gasteiger charge is -2.58. The number of benzene rings is 2. The topological polar surface area (TPSA) is 86.6 Å². The van der Waals surface area contributed by atoms with Gasteiger partial charge in [-0.3, -0.25) is 14.6 Å². The summed E-state index contributed by atoms with van der Waals surface area (Å²) in [6.45, 7) is 2.36. The molecule has 5 rings (SSSR count). The summed E-state index contributed by atoms with van der Waals surface area (Å²) in [6, 6.07) is 16.2. The number of piperazine rings is 1. The average Bonchev–Trinajstić information content (AvgIpc) is 2.81. The van der Waals surface area contributed by atoms with Crippen LogP contribution < -0.4 is 0 Å². The van der Waals surface area contributed by atoms with Crippen LogP contribution in [0.25, 0.3) is 11.1 Å². The standard InChI is InChI=1S/C25H24N4O3/c1-16-3-2-4-19(11-16)17-5-7-18(8-6-17)24-21-13-28(14-23(31)29(21)22(24)15-30)25(32)20-12-26-9-10-27-20/h2-12,21-22,24,30H,13-15H2,1H3/t21-,22-,24+/m0/s1. The SMILES string of the molecule is Cc1cccc(-c2ccc([C@H]3[C@H](CO)N4C(=O)CN(C(=O)c5cnccn5)C[C@@H]34)cc2)c1. The van der Waals surface area contributed by atoms with Crippen molar-refractivity contribution in [1.29, 1.82) is 0 Å². The van der Waals surface area contributed by atoms with Crippen LogP contribution in [-0.2, 0) is 4.79 Å². The van der Waals surface area contributed by atoms with E-state index >= 15 is 0 Å². The molecule has 0 aliphatic carbocycles. The number of amides is 2. The Morgan fingerprint density at radius 1 is 1.12 bits per heavy atom. The molecule has 7 nitrogen and oxygen atoms in total. The number of hydrogen-bond acceptors (Lipinski definition) is 5. The van der Waals surface area contributed by atoms with Gasteiger partial charge in [0.2, 0.25) is 5.91 Å². The van der Waals surface area contributed by atoms with Crippen molar-refractivity contribution in [2.45, 2.75) is 24.9 Å². The Morgan fingerprint density at radius 3 is 2.62 bits per heavy atom. The van der Waals surface area contributed by atoms with E-state index in [0.717, 1.165) is 16.7 Å². The largest absolute Gasteiger partial charge is 0.394 e. The Labute approximate surface area is 186 Å². The van der Waals surface area contributed by atoms with Crippen LogP contribution >= 0.6 is 0 Å². The maximum atomic E-state index is 12.8. The van der Waals surface area contributed by atoms with Crippen molar-refractivity contribution in [3.63, 3.8) is 0 Å². The number of fused-ring (bicyclic) bond motifs is 1. The third-order valence-corrected chi connectivity index (χ3v) is 6.47. The molecule has 0 radical (unpaired) electrons. The number of rotatable bonds is 4. The smallest absolute Gasteiger partial charge is 0.274 e. The van der Waals surface area contributed by atoms with E-state index in [9.17, 15) is 14.7 Å². The number of carbonyl (C=O) groups is 2. The Balaban J connectivity index is 1.39. The highest BCUT2D eigenvalue weighted by Gasteiger charge is 2.54. The monoisotopic (exact) mass is 428 g/mol. The summed E-state index contributed by atoms with van der Waals surface area (Å²) in [4.78, 5) is 37.0. The zero-order valence-electron chi connectivity index (χ0n) is 17.8. The molecule has 1 aromatic heterocycles. The third-order valence-electron chi connectivity index (χ3n) is 6.47. The minimum Gasteiger partial charge on any atom is -0.394 e. The molecule has 1 N–H and O–H groups in total. The van der Waals surface area contributed by atoms with E-state index in [1.807, 2.05) is 6.07 Å². The molecule has 3 atom stereocenters. The van der Waals surface area contributed by atoms with Crippen molar-refractivity contribution >= 4 is 11.8 Å². The van der Waals surface area contributed by atoms with Crippen LogP contribution in [0.5, 0.6) is 0 Å². The van der Waals surface area contributed by atoms with Crippen molar-refractivity contribution in [3.05, 3.63) is 83.9 Å². The lowest BCUT2D eigenvalue weighted by molar-refractivity contribution is -0.159. The quantitative estimate of drug-likeness (QED) is 0.689. The predicted molar refractivity (Wildman–Crippen MR) is 119 cm³/mol. The van der Waals surface area contributed by atoms with Crippen molar-refractivity contribution in [2.75, 3.05) is 19.7 Å². The van der Waals surface area contributed by atoms with Gasteiger partial charge in [-0.25, -0.2) is 4.98 Å². The summed E-state index contributed by atoms with van der Waals surface area (Å²) in [5.74, 6) is -0.481. The number of aromatic nitrogens is 2. The molecule has 0 saturated carbocycles. The summed E-state index contributed by atoms with van der Waals surface area (Å²) in [5.41, 5.74) is 4.76. The molecule has 32 heavy (non-hydrogen) atoms. The Bertz CT molecular complexity index is 1150. The van der Waals surface area contributed by atoms with E-state index < -0.39 is 0 Å². The van der Waals surface area contributed by atoms with Gasteiger partial charge in [0.1, 0.15) is 12.2 Å². The molecule has 162 valence electrons. The molecule has 3 heterocycles. The first-order chi connectivity index (χ1) is 15.6. The number of carbonyl (C=O) groups excluding carboxylic acids is 2. The molecule has 0 bridgehead atoms. The minimum absolute atomic E-state index is 0.0125. The number of hydrogen-bond donors (Lipinski definition) is 1. The van der Waals surface area contributed by atoms with Gasteiger partial charge >= 0.3 is 0 Å². The maximum Gasteiger partial charge on any atom is 0.274 e. The van der Waals surface area contributed by atoms with Gasteiger partial charge in [0.25, 0.3) is 5.91 Å².